The number of rotatable bonds is 3. The van der Waals surface area contributed by atoms with Crippen molar-refractivity contribution >= 4 is 28.3 Å². The lowest BCUT2D eigenvalue weighted by molar-refractivity contribution is -0.140. The third-order valence-electron chi connectivity index (χ3n) is 3.18. The normalized spacial score (nSPS) is 19.3. The highest BCUT2D eigenvalue weighted by molar-refractivity contribution is 7.15. The molecule has 0 aliphatic carbocycles. The van der Waals surface area contributed by atoms with Crippen molar-refractivity contribution < 1.29 is 9.59 Å². The third-order valence-corrected chi connectivity index (χ3v) is 3.94. The zero-order valence-corrected chi connectivity index (χ0v) is 12.0. The van der Waals surface area contributed by atoms with Gasteiger partial charge in [0, 0.05) is 13.0 Å². The van der Waals surface area contributed by atoms with Gasteiger partial charge in [-0.3, -0.25) is 14.9 Å². The number of anilines is 1. The van der Waals surface area contributed by atoms with Crippen LogP contribution in [0, 0.1) is 6.92 Å². The van der Waals surface area contributed by atoms with Crippen LogP contribution in [0.3, 0.4) is 0 Å². The van der Waals surface area contributed by atoms with Gasteiger partial charge in [0.2, 0.25) is 16.9 Å². The highest BCUT2D eigenvalue weighted by Gasteiger charge is 2.31. The van der Waals surface area contributed by atoms with E-state index >= 15 is 0 Å². The summed E-state index contributed by atoms with van der Waals surface area (Å²) >= 11 is 1.34. The van der Waals surface area contributed by atoms with Gasteiger partial charge in [-0.2, -0.15) is 0 Å². The van der Waals surface area contributed by atoms with Crippen molar-refractivity contribution in [1.82, 2.24) is 15.1 Å². The maximum absolute atomic E-state index is 12.2. The number of aryl methyl sites for hydroxylation is 1. The highest BCUT2D eigenvalue weighted by atomic mass is 32.1. The zero-order chi connectivity index (χ0) is 13.8. The number of carbonyl (C=O) groups excluding carboxylic acids is 2. The number of nitrogens with one attached hydrogen (secondary N) is 1. The van der Waals surface area contributed by atoms with E-state index in [-0.39, 0.29) is 17.9 Å². The fraction of sp³-hybridized carbons (Fsp3) is 0.667. The summed E-state index contributed by atoms with van der Waals surface area (Å²) in [6.45, 7) is 4.32. The maximum Gasteiger partial charge on any atom is 0.249 e. The smallest absolute Gasteiger partial charge is 0.249 e. The Balaban J connectivity index is 2.05. The number of aromatic nitrogens is 2. The van der Waals surface area contributed by atoms with Crippen molar-refractivity contribution in [3.05, 3.63) is 5.01 Å². The number of amides is 2. The van der Waals surface area contributed by atoms with Crippen molar-refractivity contribution in [2.45, 2.75) is 45.6 Å². The van der Waals surface area contributed by atoms with Crippen LogP contribution < -0.4 is 5.32 Å². The van der Waals surface area contributed by atoms with Crippen molar-refractivity contribution in [2.24, 2.45) is 0 Å². The Bertz CT molecular complexity index is 474. The molecular formula is C12H18N4O2S. The van der Waals surface area contributed by atoms with Crippen LogP contribution in [-0.2, 0) is 9.59 Å². The predicted octanol–water partition coefficient (Wildman–Crippen LogP) is 1.58. The molecular weight excluding hydrogens is 264 g/mol. The zero-order valence-electron chi connectivity index (χ0n) is 11.2. The van der Waals surface area contributed by atoms with Crippen LogP contribution in [0.15, 0.2) is 0 Å². The van der Waals surface area contributed by atoms with Gasteiger partial charge in [0.1, 0.15) is 11.0 Å². The molecule has 1 aliphatic rings. The van der Waals surface area contributed by atoms with Crippen LogP contribution in [0.4, 0.5) is 5.13 Å². The fourth-order valence-corrected chi connectivity index (χ4v) is 2.84. The molecule has 1 aliphatic heterocycles. The summed E-state index contributed by atoms with van der Waals surface area (Å²) in [5.74, 6) is -0.119. The molecule has 2 rings (SSSR count). The molecule has 1 saturated heterocycles. The van der Waals surface area contributed by atoms with Crippen molar-refractivity contribution in [3.63, 3.8) is 0 Å². The van der Waals surface area contributed by atoms with E-state index in [1.54, 1.807) is 4.90 Å². The van der Waals surface area contributed by atoms with Crippen LogP contribution >= 0.6 is 11.3 Å². The molecule has 1 N–H and O–H groups in total. The lowest BCUT2D eigenvalue weighted by Crippen LogP contribution is -2.49. The Labute approximate surface area is 116 Å². The minimum absolute atomic E-state index is 0.0355. The van der Waals surface area contributed by atoms with E-state index in [0.717, 1.165) is 24.3 Å². The monoisotopic (exact) mass is 282 g/mol. The minimum atomic E-state index is -0.370. The summed E-state index contributed by atoms with van der Waals surface area (Å²) in [5, 5.41) is 11.8. The molecule has 1 unspecified atom stereocenters. The molecule has 0 saturated carbocycles. The van der Waals surface area contributed by atoms with Crippen LogP contribution in [-0.4, -0.2) is 39.5 Å². The molecule has 1 fully saturated rings. The van der Waals surface area contributed by atoms with Crippen LogP contribution in [0.5, 0.6) is 0 Å². The van der Waals surface area contributed by atoms with E-state index in [9.17, 15) is 9.59 Å². The summed E-state index contributed by atoms with van der Waals surface area (Å²) in [4.78, 5) is 25.8. The second-order valence-corrected chi connectivity index (χ2v) is 5.75. The fourth-order valence-electron chi connectivity index (χ4n) is 2.24. The molecule has 1 aromatic rings. The summed E-state index contributed by atoms with van der Waals surface area (Å²) in [5.41, 5.74) is 0. The molecule has 19 heavy (non-hydrogen) atoms. The number of piperidine rings is 1. The van der Waals surface area contributed by atoms with Gasteiger partial charge in [0.15, 0.2) is 0 Å². The number of nitrogens with zero attached hydrogens (tertiary/aromatic N) is 3. The number of hydrogen-bond acceptors (Lipinski definition) is 5. The van der Waals surface area contributed by atoms with Crippen molar-refractivity contribution in [3.8, 4) is 0 Å². The van der Waals surface area contributed by atoms with Gasteiger partial charge < -0.3 is 4.90 Å². The lowest BCUT2D eigenvalue weighted by atomic mass is 10.0. The first kappa shape index (κ1) is 13.9. The Hall–Kier alpha value is -1.50. The maximum atomic E-state index is 12.2. The SMILES string of the molecule is CCC(=O)N1CCCCC1C(=O)Nc1nnc(C)s1. The molecule has 1 aromatic heterocycles. The molecule has 104 valence electrons. The minimum Gasteiger partial charge on any atom is -0.331 e. The molecule has 0 bridgehead atoms. The van der Waals surface area contributed by atoms with Gasteiger partial charge in [-0.15, -0.1) is 10.2 Å². The van der Waals surface area contributed by atoms with E-state index in [1.807, 2.05) is 13.8 Å². The Kier molecular flexibility index (Phi) is 4.47. The van der Waals surface area contributed by atoms with Crippen molar-refractivity contribution in [2.75, 3.05) is 11.9 Å². The molecule has 6 nitrogen and oxygen atoms in total. The molecule has 0 radical (unpaired) electrons. The molecule has 1 atom stereocenters. The second-order valence-electron chi connectivity index (χ2n) is 4.57. The Morgan fingerprint density at radius 3 is 2.84 bits per heavy atom. The van der Waals surface area contributed by atoms with Gasteiger partial charge in [-0.05, 0) is 26.2 Å². The number of hydrogen-bond donors (Lipinski definition) is 1. The summed E-state index contributed by atoms with van der Waals surface area (Å²) in [6, 6.07) is -0.370. The van der Waals surface area contributed by atoms with E-state index < -0.39 is 0 Å². The quantitative estimate of drug-likeness (QED) is 0.913. The molecule has 0 aromatic carbocycles. The van der Waals surface area contributed by atoms with Gasteiger partial charge >= 0.3 is 0 Å². The average Bonchev–Trinajstić information content (AvgIpc) is 2.83. The second kappa shape index (κ2) is 6.10. The van der Waals surface area contributed by atoms with Crippen LogP contribution in [0.25, 0.3) is 0 Å². The van der Waals surface area contributed by atoms with Gasteiger partial charge in [-0.25, -0.2) is 0 Å². The first-order valence-corrected chi connectivity index (χ1v) is 7.34. The standard InChI is InChI=1S/C12H18N4O2S/c1-3-10(17)16-7-5-4-6-9(16)11(18)13-12-15-14-8(2)19-12/h9H,3-7H2,1-2H3,(H,13,15,18). The Morgan fingerprint density at radius 2 is 2.21 bits per heavy atom. The summed E-state index contributed by atoms with van der Waals surface area (Å²) < 4.78 is 0. The van der Waals surface area contributed by atoms with E-state index in [2.05, 4.69) is 15.5 Å². The van der Waals surface area contributed by atoms with Gasteiger partial charge in [0.05, 0.1) is 0 Å². The number of likely N-dealkylation sites (tertiary alicyclic amines) is 1. The van der Waals surface area contributed by atoms with Gasteiger partial charge in [-0.1, -0.05) is 18.3 Å². The summed E-state index contributed by atoms with van der Waals surface area (Å²) in [7, 11) is 0. The molecule has 2 amide bonds. The van der Waals surface area contributed by atoms with Crippen LogP contribution in [0.1, 0.15) is 37.6 Å². The molecule has 2 heterocycles. The van der Waals surface area contributed by atoms with Gasteiger partial charge in [0.25, 0.3) is 0 Å². The van der Waals surface area contributed by atoms with E-state index in [1.165, 1.54) is 11.3 Å². The van der Waals surface area contributed by atoms with E-state index in [4.69, 9.17) is 0 Å². The average molecular weight is 282 g/mol. The topological polar surface area (TPSA) is 75.2 Å². The first-order chi connectivity index (χ1) is 9.11. The molecule has 0 spiro atoms. The van der Waals surface area contributed by atoms with Crippen molar-refractivity contribution in [1.29, 1.82) is 0 Å². The third kappa shape index (κ3) is 3.28. The summed E-state index contributed by atoms with van der Waals surface area (Å²) in [6.07, 6.45) is 3.09. The highest BCUT2D eigenvalue weighted by Crippen LogP contribution is 2.21. The molecule has 7 heteroatoms. The first-order valence-electron chi connectivity index (χ1n) is 6.52. The lowest BCUT2D eigenvalue weighted by Gasteiger charge is -2.34. The largest absolute Gasteiger partial charge is 0.331 e. The Morgan fingerprint density at radius 1 is 1.42 bits per heavy atom. The van der Waals surface area contributed by atoms with Crippen LogP contribution in [0.2, 0.25) is 0 Å². The number of carbonyl (C=O) groups is 2. The van der Waals surface area contributed by atoms with E-state index in [0.29, 0.717) is 18.1 Å². The predicted molar refractivity (Wildman–Crippen MR) is 72.9 cm³/mol.